The maximum atomic E-state index is 5.98. The molecule has 1 aliphatic heterocycles. The summed E-state index contributed by atoms with van der Waals surface area (Å²) in [5.41, 5.74) is 2.21. The van der Waals surface area contributed by atoms with E-state index in [1.165, 1.54) is 5.56 Å². The Morgan fingerprint density at radius 1 is 1.15 bits per heavy atom. The molecule has 20 heavy (non-hydrogen) atoms. The third-order valence-electron chi connectivity index (χ3n) is 3.27. The number of rotatable bonds is 2. The molecular formula is C15H12Br2ClNO. The first-order chi connectivity index (χ1) is 9.63. The molecule has 104 valence electrons. The van der Waals surface area contributed by atoms with E-state index in [1.807, 2.05) is 30.3 Å². The van der Waals surface area contributed by atoms with Crippen molar-refractivity contribution in [2.24, 2.45) is 0 Å². The van der Waals surface area contributed by atoms with Crippen LogP contribution in [-0.4, -0.2) is 6.61 Å². The van der Waals surface area contributed by atoms with Crippen LogP contribution in [0.3, 0.4) is 0 Å². The molecule has 2 nitrogen and oxygen atoms in total. The van der Waals surface area contributed by atoms with Crippen LogP contribution in [0.2, 0.25) is 5.02 Å². The monoisotopic (exact) mass is 415 g/mol. The van der Waals surface area contributed by atoms with Gasteiger partial charge in [-0.05, 0) is 52.3 Å². The largest absolute Gasteiger partial charge is 0.493 e. The van der Waals surface area contributed by atoms with Crippen molar-refractivity contribution in [3.05, 3.63) is 55.9 Å². The summed E-state index contributed by atoms with van der Waals surface area (Å²) in [5.74, 6) is 0.946. The van der Waals surface area contributed by atoms with Gasteiger partial charge in [-0.1, -0.05) is 27.5 Å². The van der Waals surface area contributed by atoms with Crippen molar-refractivity contribution in [1.29, 1.82) is 0 Å². The second-order valence-corrected chi connectivity index (χ2v) is 6.85. The second kappa shape index (κ2) is 5.96. The second-order valence-electron chi connectivity index (χ2n) is 4.64. The third kappa shape index (κ3) is 2.97. The zero-order valence-corrected chi connectivity index (χ0v) is 14.4. The van der Waals surface area contributed by atoms with Crippen LogP contribution in [-0.2, 0) is 0 Å². The molecule has 0 amide bonds. The minimum Gasteiger partial charge on any atom is -0.493 e. The van der Waals surface area contributed by atoms with Crippen molar-refractivity contribution >= 4 is 49.1 Å². The van der Waals surface area contributed by atoms with E-state index in [2.05, 4.69) is 43.2 Å². The topological polar surface area (TPSA) is 21.3 Å². The fourth-order valence-corrected chi connectivity index (χ4v) is 3.49. The van der Waals surface area contributed by atoms with Crippen molar-refractivity contribution in [2.45, 2.75) is 12.5 Å². The van der Waals surface area contributed by atoms with E-state index in [0.29, 0.717) is 0 Å². The third-order valence-corrected chi connectivity index (χ3v) is 4.66. The van der Waals surface area contributed by atoms with Crippen molar-refractivity contribution in [1.82, 2.24) is 0 Å². The molecule has 0 saturated carbocycles. The molecule has 0 aliphatic carbocycles. The zero-order valence-electron chi connectivity index (χ0n) is 10.5. The SMILES string of the molecule is Clc1ccc(NC2CCOc3ccc(Br)cc32)c(Br)c1. The van der Waals surface area contributed by atoms with Crippen molar-refractivity contribution in [2.75, 3.05) is 11.9 Å². The molecule has 0 radical (unpaired) electrons. The Kier molecular flexibility index (Phi) is 4.24. The summed E-state index contributed by atoms with van der Waals surface area (Å²) in [6, 6.07) is 12.1. The van der Waals surface area contributed by atoms with Gasteiger partial charge in [-0.25, -0.2) is 0 Å². The predicted molar refractivity (Wildman–Crippen MR) is 89.8 cm³/mol. The highest BCUT2D eigenvalue weighted by Crippen LogP contribution is 2.37. The molecule has 2 aromatic carbocycles. The Labute approximate surface area is 139 Å². The fourth-order valence-electron chi connectivity index (χ4n) is 2.31. The van der Waals surface area contributed by atoms with Crippen LogP contribution < -0.4 is 10.1 Å². The molecule has 1 aliphatic rings. The van der Waals surface area contributed by atoms with Crippen molar-refractivity contribution < 1.29 is 4.74 Å². The van der Waals surface area contributed by atoms with Crippen LogP contribution in [0.4, 0.5) is 5.69 Å². The summed E-state index contributed by atoms with van der Waals surface area (Å²) in [4.78, 5) is 0. The van der Waals surface area contributed by atoms with E-state index in [1.54, 1.807) is 0 Å². The van der Waals surface area contributed by atoms with E-state index in [9.17, 15) is 0 Å². The lowest BCUT2D eigenvalue weighted by Gasteiger charge is -2.28. The molecule has 2 aromatic rings. The van der Waals surface area contributed by atoms with Gasteiger partial charge in [-0.2, -0.15) is 0 Å². The van der Waals surface area contributed by atoms with E-state index in [-0.39, 0.29) is 6.04 Å². The molecule has 1 N–H and O–H groups in total. The molecule has 0 spiro atoms. The summed E-state index contributed by atoms with van der Waals surface area (Å²) in [6.07, 6.45) is 0.929. The molecule has 0 fully saturated rings. The predicted octanol–water partition coefficient (Wildman–Crippen LogP) is 5.80. The number of benzene rings is 2. The van der Waals surface area contributed by atoms with E-state index in [0.717, 1.165) is 38.4 Å². The Morgan fingerprint density at radius 2 is 2.00 bits per heavy atom. The van der Waals surface area contributed by atoms with Crippen LogP contribution in [0.15, 0.2) is 45.3 Å². The van der Waals surface area contributed by atoms with Gasteiger partial charge >= 0.3 is 0 Å². The quantitative estimate of drug-likeness (QED) is 0.667. The van der Waals surface area contributed by atoms with Gasteiger partial charge in [0.25, 0.3) is 0 Å². The minimum atomic E-state index is 0.230. The van der Waals surface area contributed by atoms with Gasteiger partial charge in [0.05, 0.1) is 12.6 Å². The lowest BCUT2D eigenvalue weighted by molar-refractivity contribution is 0.274. The molecule has 1 unspecified atom stereocenters. The lowest BCUT2D eigenvalue weighted by atomic mass is 10.0. The lowest BCUT2D eigenvalue weighted by Crippen LogP contribution is -2.20. The number of ether oxygens (including phenoxy) is 1. The van der Waals surface area contributed by atoms with E-state index >= 15 is 0 Å². The number of fused-ring (bicyclic) bond motifs is 1. The van der Waals surface area contributed by atoms with E-state index in [4.69, 9.17) is 16.3 Å². The maximum Gasteiger partial charge on any atom is 0.124 e. The average molecular weight is 418 g/mol. The summed E-state index contributed by atoms with van der Waals surface area (Å²) < 4.78 is 7.73. The first kappa shape index (κ1) is 14.2. The molecular weight excluding hydrogens is 405 g/mol. The van der Waals surface area contributed by atoms with Gasteiger partial charge in [0.1, 0.15) is 5.75 Å². The number of hydrogen-bond acceptors (Lipinski definition) is 2. The molecule has 1 atom stereocenters. The maximum absolute atomic E-state index is 5.98. The number of nitrogens with one attached hydrogen (secondary N) is 1. The van der Waals surface area contributed by atoms with E-state index < -0.39 is 0 Å². The van der Waals surface area contributed by atoms with Crippen LogP contribution in [0.25, 0.3) is 0 Å². The molecule has 3 rings (SSSR count). The average Bonchev–Trinajstić information content (AvgIpc) is 2.42. The first-order valence-electron chi connectivity index (χ1n) is 6.27. The summed E-state index contributed by atoms with van der Waals surface area (Å²) in [5, 5.41) is 4.27. The Hall–Kier alpha value is -0.710. The van der Waals surface area contributed by atoms with Crippen molar-refractivity contribution in [3.8, 4) is 5.75 Å². The smallest absolute Gasteiger partial charge is 0.124 e. The highest BCUT2D eigenvalue weighted by atomic mass is 79.9. The Bertz CT molecular complexity index is 648. The number of hydrogen-bond donors (Lipinski definition) is 1. The molecule has 0 saturated heterocycles. The number of halogens is 3. The van der Waals surface area contributed by atoms with Gasteiger partial charge in [0, 0.05) is 31.6 Å². The number of anilines is 1. The fraction of sp³-hybridized carbons (Fsp3) is 0.200. The molecule has 0 bridgehead atoms. The van der Waals surface area contributed by atoms with Gasteiger partial charge in [0.15, 0.2) is 0 Å². The normalized spacial score (nSPS) is 17.2. The minimum absolute atomic E-state index is 0.230. The summed E-state index contributed by atoms with van der Waals surface area (Å²) in [7, 11) is 0. The molecule has 0 aromatic heterocycles. The standard InChI is InChI=1S/C15H12Br2ClNO/c16-9-1-4-15-11(7-9)13(5-6-20-15)19-14-3-2-10(18)8-12(14)17/h1-4,7-8,13,19H,5-6H2. The Morgan fingerprint density at radius 3 is 2.80 bits per heavy atom. The van der Waals surface area contributed by atoms with Crippen LogP contribution >= 0.6 is 43.5 Å². The summed E-state index contributed by atoms with van der Waals surface area (Å²) >= 11 is 13.0. The Balaban J connectivity index is 1.91. The van der Waals surface area contributed by atoms with Gasteiger partial charge < -0.3 is 10.1 Å². The molecule has 1 heterocycles. The van der Waals surface area contributed by atoms with Crippen LogP contribution in [0.5, 0.6) is 5.75 Å². The molecule has 5 heteroatoms. The summed E-state index contributed by atoms with van der Waals surface area (Å²) in [6.45, 7) is 0.720. The van der Waals surface area contributed by atoms with Gasteiger partial charge in [-0.15, -0.1) is 0 Å². The highest BCUT2D eigenvalue weighted by molar-refractivity contribution is 9.10. The van der Waals surface area contributed by atoms with Gasteiger partial charge in [-0.3, -0.25) is 0 Å². The van der Waals surface area contributed by atoms with Gasteiger partial charge in [0.2, 0.25) is 0 Å². The zero-order chi connectivity index (χ0) is 14.1. The van der Waals surface area contributed by atoms with Crippen LogP contribution in [0.1, 0.15) is 18.0 Å². The van der Waals surface area contributed by atoms with Crippen LogP contribution in [0, 0.1) is 0 Å². The highest BCUT2D eigenvalue weighted by Gasteiger charge is 2.22. The van der Waals surface area contributed by atoms with Crippen molar-refractivity contribution in [3.63, 3.8) is 0 Å². The first-order valence-corrected chi connectivity index (χ1v) is 8.24.